The SMILES string of the molecule is Cc1cc(C)cc(CC(=O)N(Cc2ccccc2)[C@H](C)C(=O)NC(C)C)c1. The van der Waals surface area contributed by atoms with Crippen LogP contribution >= 0.6 is 0 Å². The Balaban J connectivity index is 2.24. The summed E-state index contributed by atoms with van der Waals surface area (Å²) >= 11 is 0. The lowest BCUT2D eigenvalue weighted by Gasteiger charge is -2.29. The molecular formula is C23H30N2O2. The lowest BCUT2D eigenvalue weighted by atomic mass is 10.0. The topological polar surface area (TPSA) is 49.4 Å². The van der Waals surface area contributed by atoms with E-state index in [1.54, 1.807) is 11.8 Å². The highest BCUT2D eigenvalue weighted by atomic mass is 16.2. The number of nitrogens with one attached hydrogen (secondary N) is 1. The third-order valence-corrected chi connectivity index (χ3v) is 4.43. The zero-order chi connectivity index (χ0) is 20.0. The molecule has 2 amide bonds. The normalized spacial score (nSPS) is 11.9. The van der Waals surface area contributed by atoms with Crippen LogP contribution in [0.3, 0.4) is 0 Å². The number of carbonyl (C=O) groups excluding carboxylic acids is 2. The fourth-order valence-electron chi connectivity index (χ4n) is 3.22. The van der Waals surface area contributed by atoms with Crippen LogP contribution in [-0.4, -0.2) is 28.8 Å². The maximum absolute atomic E-state index is 13.1. The summed E-state index contributed by atoms with van der Waals surface area (Å²) in [6.07, 6.45) is 0.286. The van der Waals surface area contributed by atoms with Gasteiger partial charge in [0.15, 0.2) is 0 Å². The van der Waals surface area contributed by atoms with Crippen molar-refractivity contribution in [2.24, 2.45) is 0 Å². The van der Waals surface area contributed by atoms with Gasteiger partial charge in [0.25, 0.3) is 0 Å². The summed E-state index contributed by atoms with van der Waals surface area (Å²) < 4.78 is 0. The molecule has 2 rings (SSSR count). The molecule has 1 N–H and O–H groups in total. The third kappa shape index (κ3) is 6.24. The Bertz CT molecular complexity index is 764. The van der Waals surface area contributed by atoms with Gasteiger partial charge in [0, 0.05) is 12.6 Å². The standard InChI is InChI=1S/C23H30N2O2/c1-16(2)24-23(27)19(5)25(15-20-9-7-6-8-10-20)22(26)14-21-12-17(3)11-18(4)13-21/h6-13,16,19H,14-15H2,1-5H3,(H,24,27)/t19-/m1/s1. The Kier molecular flexibility index (Phi) is 7.17. The summed E-state index contributed by atoms with van der Waals surface area (Å²) in [5.74, 6) is -0.176. The quantitative estimate of drug-likeness (QED) is 0.810. The van der Waals surface area contributed by atoms with Gasteiger partial charge in [0.05, 0.1) is 6.42 Å². The molecule has 0 saturated heterocycles. The molecular weight excluding hydrogens is 336 g/mol. The van der Waals surface area contributed by atoms with Crippen LogP contribution in [0.25, 0.3) is 0 Å². The first-order valence-corrected chi connectivity index (χ1v) is 9.47. The zero-order valence-electron chi connectivity index (χ0n) is 17.0. The van der Waals surface area contributed by atoms with Gasteiger partial charge in [0.2, 0.25) is 11.8 Å². The maximum Gasteiger partial charge on any atom is 0.242 e. The van der Waals surface area contributed by atoms with Crippen LogP contribution in [0.1, 0.15) is 43.0 Å². The van der Waals surface area contributed by atoms with Gasteiger partial charge in [-0.15, -0.1) is 0 Å². The molecule has 0 aliphatic rings. The van der Waals surface area contributed by atoms with E-state index < -0.39 is 6.04 Å². The summed E-state index contributed by atoms with van der Waals surface area (Å²) in [7, 11) is 0. The number of hydrogen-bond donors (Lipinski definition) is 1. The molecule has 0 aliphatic heterocycles. The number of nitrogens with zero attached hydrogens (tertiary/aromatic N) is 1. The van der Waals surface area contributed by atoms with Crippen molar-refractivity contribution in [3.63, 3.8) is 0 Å². The van der Waals surface area contributed by atoms with E-state index in [2.05, 4.69) is 11.4 Å². The number of hydrogen-bond acceptors (Lipinski definition) is 2. The molecule has 1 atom stereocenters. The number of aryl methyl sites for hydroxylation is 2. The average molecular weight is 367 g/mol. The van der Waals surface area contributed by atoms with Crippen molar-refractivity contribution in [2.45, 2.75) is 59.7 Å². The molecule has 27 heavy (non-hydrogen) atoms. The Morgan fingerprint density at radius 3 is 2.07 bits per heavy atom. The first-order valence-electron chi connectivity index (χ1n) is 9.47. The van der Waals surface area contributed by atoms with Crippen molar-refractivity contribution in [2.75, 3.05) is 0 Å². The van der Waals surface area contributed by atoms with Gasteiger partial charge >= 0.3 is 0 Å². The van der Waals surface area contributed by atoms with Crippen LogP contribution in [0.4, 0.5) is 0 Å². The summed E-state index contributed by atoms with van der Waals surface area (Å²) in [5, 5.41) is 2.91. The predicted molar refractivity (Wildman–Crippen MR) is 109 cm³/mol. The van der Waals surface area contributed by atoms with E-state index in [0.29, 0.717) is 6.54 Å². The fourth-order valence-corrected chi connectivity index (χ4v) is 3.22. The summed E-state index contributed by atoms with van der Waals surface area (Å²) in [6, 6.07) is 15.4. The van der Waals surface area contributed by atoms with Crippen LogP contribution in [-0.2, 0) is 22.6 Å². The van der Waals surface area contributed by atoms with Crippen LogP contribution in [0.2, 0.25) is 0 Å². The van der Waals surface area contributed by atoms with Crippen molar-refractivity contribution < 1.29 is 9.59 Å². The van der Waals surface area contributed by atoms with E-state index in [9.17, 15) is 9.59 Å². The summed E-state index contributed by atoms with van der Waals surface area (Å²) in [5.41, 5.74) is 4.26. The van der Waals surface area contributed by atoms with Crippen LogP contribution in [0, 0.1) is 13.8 Å². The molecule has 0 saturated carbocycles. The molecule has 0 aliphatic carbocycles. The summed E-state index contributed by atoms with van der Waals surface area (Å²) in [6.45, 7) is 10.1. The largest absolute Gasteiger partial charge is 0.352 e. The minimum absolute atomic E-state index is 0.0352. The average Bonchev–Trinajstić information content (AvgIpc) is 2.58. The Labute approximate surface area is 162 Å². The first-order chi connectivity index (χ1) is 12.8. The smallest absolute Gasteiger partial charge is 0.242 e. The minimum atomic E-state index is -0.536. The van der Waals surface area contributed by atoms with E-state index in [1.165, 1.54) is 0 Å². The molecule has 0 radical (unpaired) electrons. The van der Waals surface area contributed by atoms with E-state index >= 15 is 0 Å². The monoisotopic (exact) mass is 366 g/mol. The van der Waals surface area contributed by atoms with Crippen molar-refractivity contribution in [3.05, 3.63) is 70.8 Å². The van der Waals surface area contributed by atoms with Gasteiger partial charge in [-0.2, -0.15) is 0 Å². The lowest BCUT2D eigenvalue weighted by Crippen LogP contribution is -2.49. The third-order valence-electron chi connectivity index (χ3n) is 4.43. The predicted octanol–water partition coefficient (Wildman–Crippen LogP) is 3.79. The van der Waals surface area contributed by atoms with Crippen LogP contribution in [0.15, 0.2) is 48.5 Å². The summed E-state index contributed by atoms with van der Waals surface area (Å²) in [4.78, 5) is 27.3. The Morgan fingerprint density at radius 2 is 1.52 bits per heavy atom. The molecule has 144 valence electrons. The van der Waals surface area contributed by atoms with E-state index in [-0.39, 0.29) is 24.3 Å². The second-order valence-corrected chi connectivity index (χ2v) is 7.52. The molecule has 0 bridgehead atoms. The van der Waals surface area contributed by atoms with Crippen molar-refractivity contribution in [3.8, 4) is 0 Å². The highest BCUT2D eigenvalue weighted by molar-refractivity contribution is 5.88. The van der Waals surface area contributed by atoms with Gasteiger partial charge in [-0.05, 0) is 45.7 Å². The number of rotatable bonds is 7. The van der Waals surface area contributed by atoms with E-state index in [0.717, 1.165) is 22.3 Å². The molecule has 2 aromatic carbocycles. The molecule has 0 spiro atoms. The molecule has 4 nitrogen and oxygen atoms in total. The van der Waals surface area contributed by atoms with Gasteiger partial charge < -0.3 is 10.2 Å². The van der Waals surface area contributed by atoms with Gasteiger partial charge in [-0.25, -0.2) is 0 Å². The lowest BCUT2D eigenvalue weighted by molar-refractivity contribution is -0.140. The number of carbonyl (C=O) groups is 2. The maximum atomic E-state index is 13.1. The molecule has 0 heterocycles. The zero-order valence-corrected chi connectivity index (χ0v) is 17.0. The van der Waals surface area contributed by atoms with Crippen LogP contribution in [0.5, 0.6) is 0 Å². The molecule has 0 aromatic heterocycles. The van der Waals surface area contributed by atoms with E-state index in [4.69, 9.17) is 0 Å². The van der Waals surface area contributed by atoms with Gasteiger partial charge in [0.1, 0.15) is 6.04 Å². The molecule has 4 heteroatoms. The first kappa shape index (κ1) is 20.7. The highest BCUT2D eigenvalue weighted by Crippen LogP contribution is 2.15. The van der Waals surface area contributed by atoms with Crippen LogP contribution < -0.4 is 5.32 Å². The van der Waals surface area contributed by atoms with Gasteiger partial charge in [-0.3, -0.25) is 9.59 Å². The number of amides is 2. The second kappa shape index (κ2) is 9.36. The minimum Gasteiger partial charge on any atom is -0.352 e. The second-order valence-electron chi connectivity index (χ2n) is 7.52. The Hall–Kier alpha value is -2.62. The molecule has 2 aromatic rings. The molecule has 0 fully saturated rings. The highest BCUT2D eigenvalue weighted by Gasteiger charge is 2.26. The number of benzene rings is 2. The van der Waals surface area contributed by atoms with Crippen molar-refractivity contribution in [1.29, 1.82) is 0 Å². The Morgan fingerprint density at radius 1 is 0.926 bits per heavy atom. The van der Waals surface area contributed by atoms with Gasteiger partial charge in [-0.1, -0.05) is 59.7 Å². The molecule has 0 unspecified atom stereocenters. The van der Waals surface area contributed by atoms with Crippen molar-refractivity contribution in [1.82, 2.24) is 10.2 Å². The fraction of sp³-hybridized carbons (Fsp3) is 0.391. The van der Waals surface area contributed by atoms with E-state index in [1.807, 2.05) is 70.2 Å². The van der Waals surface area contributed by atoms with Crippen molar-refractivity contribution >= 4 is 11.8 Å².